The van der Waals surface area contributed by atoms with E-state index < -0.39 is 0 Å². The van der Waals surface area contributed by atoms with E-state index in [2.05, 4.69) is 34.7 Å². The van der Waals surface area contributed by atoms with E-state index in [1.807, 2.05) is 6.07 Å². The molecule has 1 aliphatic rings. The number of amides is 1. The average Bonchev–Trinajstić information content (AvgIpc) is 2.54. The molecule has 116 valence electrons. The number of rotatable bonds is 6. The van der Waals surface area contributed by atoms with Crippen LogP contribution in [-0.4, -0.2) is 28.7 Å². The van der Waals surface area contributed by atoms with Crippen molar-refractivity contribution < 1.29 is 4.79 Å². The highest BCUT2D eigenvalue weighted by atomic mass is 16.2. The fraction of sp³-hybridized carbons (Fsp3) is 0.688. The second-order valence-electron chi connectivity index (χ2n) is 5.83. The summed E-state index contributed by atoms with van der Waals surface area (Å²) < 4.78 is 0. The molecule has 1 heterocycles. The van der Waals surface area contributed by atoms with E-state index in [0.717, 1.165) is 37.5 Å². The standard InChI is InChI=1S/C16H26N4O/c1-3-11-17-15-10-9-14(19-20-15)16(21)18-13-7-5-12(4-2)6-8-13/h9-10,12-13H,3-8,11H2,1-2H3,(H,17,20)(H,18,21). The second kappa shape index (κ2) is 7.96. The largest absolute Gasteiger partial charge is 0.369 e. The van der Waals surface area contributed by atoms with Gasteiger partial charge in [-0.3, -0.25) is 4.79 Å². The minimum atomic E-state index is -0.107. The summed E-state index contributed by atoms with van der Waals surface area (Å²) >= 11 is 0. The summed E-state index contributed by atoms with van der Waals surface area (Å²) in [6.07, 6.45) is 6.87. The molecule has 0 spiro atoms. The predicted octanol–water partition coefficient (Wildman–Crippen LogP) is 3.00. The van der Waals surface area contributed by atoms with Crippen molar-refractivity contribution in [3.63, 3.8) is 0 Å². The van der Waals surface area contributed by atoms with Crippen LogP contribution in [0, 0.1) is 5.92 Å². The molecule has 1 amide bonds. The van der Waals surface area contributed by atoms with Crippen molar-refractivity contribution in [3.05, 3.63) is 17.8 Å². The summed E-state index contributed by atoms with van der Waals surface area (Å²) in [5.41, 5.74) is 0.398. The first-order valence-corrected chi connectivity index (χ1v) is 8.11. The van der Waals surface area contributed by atoms with Crippen LogP contribution in [0.1, 0.15) is 62.9 Å². The van der Waals surface area contributed by atoms with Gasteiger partial charge in [0.25, 0.3) is 5.91 Å². The van der Waals surface area contributed by atoms with E-state index in [1.54, 1.807) is 6.07 Å². The molecule has 0 saturated heterocycles. The van der Waals surface area contributed by atoms with Gasteiger partial charge in [0, 0.05) is 12.6 Å². The third-order valence-electron chi connectivity index (χ3n) is 4.21. The van der Waals surface area contributed by atoms with Crippen LogP contribution in [0.25, 0.3) is 0 Å². The zero-order valence-corrected chi connectivity index (χ0v) is 13.1. The van der Waals surface area contributed by atoms with Gasteiger partial charge in [0.2, 0.25) is 0 Å². The minimum Gasteiger partial charge on any atom is -0.369 e. The first-order chi connectivity index (χ1) is 10.2. The third kappa shape index (κ3) is 4.69. The van der Waals surface area contributed by atoms with E-state index in [-0.39, 0.29) is 5.91 Å². The summed E-state index contributed by atoms with van der Waals surface area (Å²) in [5.74, 6) is 1.45. The SMILES string of the molecule is CCCNc1ccc(C(=O)NC2CCC(CC)CC2)nn1. The number of aromatic nitrogens is 2. The minimum absolute atomic E-state index is 0.107. The highest BCUT2D eigenvalue weighted by Gasteiger charge is 2.22. The molecule has 0 atom stereocenters. The Morgan fingerprint density at radius 3 is 2.52 bits per heavy atom. The van der Waals surface area contributed by atoms with Gasteiger partial charge >= 0.3 is 0 Å². The number of carbonyl (C=O) groups excluding carboxylic acids is 1. The Hall–Kier alpha value is -1.65. The summed E-state index contributed by atoms with van der Waals surface area (Å²) in [5, 5.41) is 14.3. The van der Waals surface area contributed by atoms with E-state index in [0.29, 0.717) is 11.7 Å². The molecule has 5 nitrogen and oxygen atoms in total. The molecule has 2 N–H and O–H groups in total. The maximum Gasteiger partial charge on any atom is 0.272 e. The van der Waals surface area contributed by atoms with Crippen LogP contribution >= 0.6 is 0 Å². The van der Waals surface area contributed by atoms with E-state index in [9.17, 15) is 4.79 Å². The van der Waals surface area contributed by atoms with Crippen molar-refractivity contribution in [2.75, 3.05) is 11.9 Å². The Balaban J connectivity index is 1.83. The molecular weight excluding hydrogens is 264 g/mol. The smallest absolute Gasteiger partial charge is 0.272 e. The van der Waals surface area contributed by atoms with Gasteiger partial charge in [0.05, 0.1) is 0 Å². The highest BCUT2D eigenvalue weighted by Crippen LogP contribution is 2.26. The lowest BCUT2D eigenvalue weighted by Crippen LogP contribution is -2.38. The molecule has 0 bridgehead atoms. The molecule has 0 aromatic carbocycles. The Kier molecular flexibility index (Phi) is 5.96. The molecule has 1 aromatic rings. The average molecular weight is 290 g/mol. The molecule has 1 aliphatic carbocycles. The summed E-state index contributed by atoms with van der Waals surface area (Å²) in [4.78, 5) is 12.2. The molecule has 5 heteroatoms. The van der Waals surface area contributed by atoms with Gasteiger partial charge in [-0.15, -0.1) is 10.2 Å². The van der Waals surface area contributed by atoms with Crippen molar-refractivity contribution in [3.8, 4) is 0 Å². The van der Waals surface area contributed by atoms with Crippen molar-refractivity contribution >= 4 is 11.7 Å². The number of nitrogens with one attached hydrogen (secondary N) is 2. The molecule has 1 fully saturated rings. The van der Waals surface area contributed by atoms with Crippen LogP contribution in [0.3, 0.4) is 0 Å². The first-order valence-electron chi connectivity index (χ1n) is 8.11. The van der Waals surface area contributed by atoms with Gasteiger partial charge in [-0.2, -0.15) is 0 Å². The Labute approximate surface area is 126 Å². The molecule has 0 unspecified atom stereocenters. The zero-order chi connectivity index (χ0) is 15.1. The number of hydrogen-bond donors (Lipinski definition) is 2. The summed E-state index contributed by atoms with van der Waals surface area (Å²) in [7, 11) is 0. The fourth-order valence-electron chi connectivity index (χ4n) is 2.78. The lowest BCUT2D eigenvalue weighted by Gasteiger charge is -2.28. The van der Waals surface area contributed by atoms with Crippen LogP contribution < -0.4 is 10.6 Å². The monoisotopic (exact) mass is 290 g/mol. The van der Waals surface area contributed by atoms with Gasteiger partial charge in [-0.05, 0) is 50.2 Å². The Bertz CT molecular complexity index is 438. The molecule has 21 heavy (non-hydrogen) atoms. The zero-order valence-electron chi connectivity index (χ0n) is 13.1. The molecule has 0 aliphatic heterocycles. The second-order valence-corrected chi connectivity index (χ2v) is 5.83. The molecular formula is C16H26N4O. The topological polar surface area (TPSA) is 66.9 Å². The Morgan fingerprint density at radius 2 is 1.95 bits per heavy atom. The number of anilines is 1. The first kappa shape index (κ1) is 15.7. The van der Waals surface area contributed by atoms with E-state index in [1.165, 1.54) is 19.3 Å². The number of hydrogen-bond acceptors (Lipinski definition) is 4. The molecule has 1 saturated carbocycles. The van der Waals surface area contributed by atoms with Crippen molar-refractivity contribution in [1.82, 2.24) is 15.5 Å². The van der Waals surface area contributed by atoms with Crippen LogP contribution in [0.15, 0.2) is 12.1 Å². The summed E-state index contributed by atoms with van der Waals surface area (Å²) in [6, 6.07) is 3.84. The molecule has 2 rings (SSSR count). The van der Waals surface area contributed by atoms with Crippen LogP contribution in [-0.2, 0) is 0 Å². The maximum atomic E-state index is 12.2. The third-order valence-corrected chi connectivity index (χ3v) is 4.21. The van der Waals surface area contributed by atoms with Crippen molar-refractivity contribution in [2.45, 2.75) is 58.4 Å². The van der Waals surface area contributed by atoms with Gasteiger partial charge < -0.3 is 10.6 Å². The van der Waals surface area contributed by atoms with Crippen molar-refractivity contribution in [2.24, 2.45) is 5.92 Å². The maximum absolute atomic E-state index is 12.2. The fourth-order valence-corrected chi connectivity index (χ4v) is 2.78. The van der Waals surface area contributed by atoms with Gasteiger partial charge in [0.1, 0.15) is 5.82 Å². The van der Waals surface area contributed by atoms with Gasteiger partial charge in [-0.1, -0.05) is 20.3 Å². The van der Waals surface area contributed by atoms with Crippen LogP contribution in [0.4, 0.5) is 5.82 Å². The normalized spacial score (nSPS) is 21.8. The van der Waals surface area contributed by atoms with Crippen LogP contribution in [0.2, 0.25) is 0 Å². The van der Waals surface area contributed by atoms with Gasteiger partial charge in [-0.25, -0.2) is 0 Å². The van der Waals surface area contributed by atoms with Crippen LogP contribution in [0.5, 0.6) is 0 Å². The van der Waals surface area contributed by atoms with Crippen molar-refractivity contribution in [1.29, 1.82) is 0 Å². The predicted molar refractivity (Wildman–Crippen MR) is 84.3 cm³/mol. The summed E-state index contributed by atoms with van der Waals surface area (Å²) in [6.45, 7) is 5.20. The number of nitrogens with zero attached hydrogens (tertiary/aromatic N) is 2. The van der Waals surface area contributed by atoms with E-state index >= 15 is 0 Å². The lowest BCUT2D eigenvalue weighted by molar-refractivity contribution is 0.0915. The lowest BCUT2D eigenvalue weighted by atomic mass is 9.84. The highest BCUT2D eigenvalue weighted by molar-refractivity contribution is 5.92. The molecule has 1 aromatic heterocycles. The van der Waals surface area contributed by atoms with Gasteiger partial charge in [0.15, 0.2) is 5.69 Å². The Morgan fingerprint density at radius 1 is 1.19 bits per heavy atom. The van der Waals surface area contributed by atoms with E-state index in [4.69, 9.17) is 0 Å². The number of carbonyl (C=O) groups is 1. The quantitative estimate of drug-likeness (QED) is 0.845. The molecule has 0 radical (unpaired) electrons.